The van der Waals surface area contributed by atoms with Crippen molar-refractivity contribution in [2.45, 2.75) is 32.5 Å². The summed E-state index contributed by atoms with van der Waals surface area (Å²) in [7, 11) is 0. The predicted molar refractivity (Wildman–Crippen MR) is 76.3 cm³/mol. The van der Waals surface area contributed by atoms with Crippen molar-refractivity contribution in [1.29, 1.82) is 0 Å². The highest BCUT2D eigenvalue weighted by Crippen LogP contribution is 2.37. The van der Waals surface area contributed by atoms with E-state index in [-0.39, 0.29) is 11.5 Å². The van der Waals surface area contributed by atoms with Gasteiger partial charge >= 0.3 is 18.2 Å². The number of carboxylic acid groups (broad SMARTS) is 1. The van der Waals surface area contributed by atoms with E-state index in [9.17, 15) is 22.8 Å². The fourth-order valence-corrected chi connectivity index (χ4v) is 2.37. The summed E-state index contributed by atoms with van der Waals surface area (Å²) in [5, 5.41) is 15.3. The Morgan fingerprint density at radius 1 is 1.29 bits per heavy atom. The summed E-state index contributed by atoms with van der Waals surface area (Å²) in [6.45, 7) is 4.34. The van der Waals surface area contributed by atoms with Crippen LogP contribution in [0.25, 0.3) is 0 Å². The fourth-order valence-electron chi connectivity index (χ4n) is 2.37. The predicted octanol–water partition coefficient (Wildman–Crippen LogP) is 1.76. The summed E-state index contributed by atoms with van der Waals surface area (Å²) in [5.74, 6) is -5.42. The number of halogens is 3. The van der Waals surface area contributed by atoms with Crippen molar-refractivity contribution in [2.75, 3.05) is 18.4 Å². The molecule has 0 saturated carbocycles. The van der Waals surface area contributed by atoms with Gasteiger partial charge in [0.15, 0.2) is 0 Å². The van der Waals surface area contributed by atoms with E-state index in [1.54, 1.807) is 0 Å². The normalized spacial score (nSPS) is 21.8. The molecule has 0 radical (unpaired) electrons. The van der Waals surface area contributed by atoms with Crippen LogP contribution in [-0.4, -0.2) is 56.0 Å². The van der Waals surface area contributed by atoms with Gasteiger partial charge in [0.2, 0.25) is 5.95 Å². The average Bonchev–Trinajstić information content (AvgIpc) is 3.02. The number of nitrogens with zero attached hydrogens (tertiary/aromatic N) is 4. The Morgan fingerprint density at radius 3 is 2.33 bits per heavy atom. The third-order valence-electron chi connectivity index (χ3n) is 3.74. The van der Waals surface area contributed by atoms with E-state index >= 15 is 0 Å². The second-order valence-electron chi connectivity index (χ2n) is 6.61. The second-order valence-corrected chi connectivity index (χ2v) is 6.61. The molecule has 1 aliphatic heterocycles. The molecule has 2 amide bonds. The minimum Gasteiger partial charge on any atom is -0.481 e. The van der Waals surface area contributed by atoms with Crippen molar-refractivity contribution in [3.8, 4) is 0 Å². The number of amides is 2. The summed E-state index contributed by atoms with van der Waals surface area (Å²) in [6.07, 6.45) is -3.30. The van der Waals surface area contributed by atoms with Crippen LogP contribution in [-0.2, 0) is 10.3 Å². The van der Waals surface area contributed by atoms with Crippen LogP contribution in [0.2, 0.25) is 0 Å². The molecule has 0 aromatic carbocycles. The highest BCUT2D eigenvalue weighted by Gasteiger charge is 2.53. The van der Waals surface area contributed by atoms with E-state index < -0.39 is 43.1 Å². The molecule has 11 heteroatoms. The number of aliphatic carboxylic acids is 1. The first-order chi connectivity index (χ1) is 10.9. The van der Waals surface area contributed by atoms with Crippen molar-refractivity contribution < 1.29 is 27.9 Å². The SMILES string of the molecule is CC(C)(C)n1cnc(NC(=O)N2C[C@@H](C(F)(F)F)[C@H](C(=O)O)C2)n1. The molecule has 1 aromatic rings. The Hall–Kier alpha value is -2.33. The average molecular weight is 349 g/mol. The number of rotatable bonds is 2. The highest BCUT2D eigenvalue weighted by molar-refractivity contribution is 5.88. The van der Waals surface area contributed by atoms with Crippen LogP contribution >= 0.6 is 0 Å². The van der Waals surface area contributed by atoms with E-state index in [2.05, 4.69) is 15.4 Å². The van der Waals surface area contributed by atoms with E-state index in [4.69, 9.17) is 5.11 Å². The van der Waals surface area contributed by atoms with Gasteiger partial charge in [0, 0.05) is 13.1 Å². The van der Waals surface area contributed by atoms with Gasteiger partial charge < -0.3 is 10.0 Å². The number of aromatic nitrogens is 3. The first-order valence-corrected chi connectivity index (χ1v) is 7.17. The Balaban J connectivity index is 2.08. The first kappa shape index (κ1) is 18.0. The molecule has 0 spiro atoms. The monoisotopic (exact) mass is 349 g/mol. The number of urea groups is 1. The smallest absolute Gasteiger partial charge is 0.394 e. The number of carboxylic acids is 1. The Kier molecular flexibility index (Phi) is 4.46. The van der Waals surface area contributed by atoms with Crippen molar-refractivity contribution in [3.63, 3.8) is 0 Å². The molecule has 2 N–H and O–H groups in total. The maximum absolute atomic E-state index is 12.9. The van der Waals surface area contributed by atoms with Crippen molar-refractivity contribution in [1.82, 2.24) is 19.7 Å². The molecule has 0 bridgehead atoms. The molecule has 1 saturated heterocycles. The van der Waals surface area contributed by atoms with Gasteiger partial charge in [0.05, 0.1) is 17.4 Å². The van der Waals surface area contributed by atoms with Crippen molar-refractivity contribution in [3.05, 3.63) is 6.33 Å². The number of anilines is 1. The van der Waals surface area contributed by atoms with Crippen LogP contribution in [0.1, 0.15) is 20.8 Å². The van der Waals surface area contributed by atoms with Crippen LogP contribution in [0.4, 0.5) is 23.9 Å². The van der Waals surface area contributed by atoms with E-state index in [1.807, 2.05) is 20.8 Å². The molecule has 1 aliphatic rings. The summed E-state index contributed by atoms with van der Waals surface area (Å²) in [6, 6.07) is -0.861. The summed E-state index contributed by atoms with van der Waals surface area (Å²) >= 11 is 0. The van der Waals surface area contributed by atoms with Crippen LogP contribution in [0, 0.1) is 11.8 Å². The lowest BCUT2D eigenvalue weighted by Gasteiger charge is -2.18. The zero-order valence-electron chi connectivity index (χ0n) is 13.3. The van der Waals surface area contributed by atoms with Gasteiger partial charge in [-0.05, 0) is 20.8 Å². The zero-order valence-corrected chi connectivity index (χ0v) is 13.3. The van der Waals surface area contributed by atoms with E-state index in [0.717, 1.165) is 4.90 Å². The minimum absolute atomic E-state index is 0.0581. The van der Waals surface area contributed by atoms with Crippen LogP contribution in [0.3, 0.4) is 0 Å². The van der Waals surface area contributed by atoms with Gasteiger partial charge in [-0.3, -0.25) is 10.1 Å². The molecular weight excluding hydrogens is 331 g/mol. The third-order valence-corrected chi connectivity index (χ3v) is 3.74. The summed E-state index contributed by atoms with van der Waals surface area (Å²) < 4.78 is 40.3. The number of hydrogen-bond acceptors (Lipinski definition) is 4. The summed E-state index contributed by atoms with van der Waals surface area (Å²) in [4.78, 5) is 27.8. The maximum atomic E-state index is 12.9. The third kappa shape index (κ3) is 3.77. The molecule has 0 unspecified atom stereocenters. The van der Waals surface area contributed by atoms with Gasteiger partial charge in [0.1, 0.15) is 6.33 Å². The number of carbonyl (C=O) groups is 2. The first-order valence-electron chi connectivity index (χ1n) is 7.17. The number of alkyl halides is 3. The van der Waals surface area contributed by atoms with E-state index in [0.29, 0.717) is 0 Å². The molecule has 0 aliphatic carbocycles. The van der Waals surface area contributed by atoms with Crippen molar-refractivity contribution in [2.24, 2.45) is 11.8 Å². The topological polar surface area (TPSA) is 100 Å². The minimum atomic E-state index is -4.69. The van der Waals surface area contributed by atoms with Crippen LogP contribution in [0.15, 0.2) is 6.33 Å². The lowest BCUT2D eigenvalue weighted by Crippen LogP contribution is -2.35. The van der Waals surface area contributed by atoms with Gasteiger partial charge in [-0.2, -0.15) is 13.2 Å². The lowest BCUT2D eigenvalue weighted by molar-refractivity contribution is -0.187. The molecule has 8 nitrogen and oxygen atoms in total. The van der Waals surface area contributed by atoms with Gasteiger partial charge in [-0.25, -0.2) is 14.5 Å². The van der Waals surface area contributed by atoms with Gasteiger partial charge in [0.25, 0.3) is 0 Å². The highest BCUT2D eigenvalue weighted by atomic mass is 19.4. The molecule has 1 aromatic heterocycles. The lowest BCUT2D eigenvalue weighted by atomic mass is 9.96. The number of hydrogen-bond donors (Lipinski definition) is 2. The van der Waals surface area contributed by atoms with Gasteiger partial charge in [-0.1, -0.05) is 0 Å². The molecule has 1 fully saturated rings. The van der Waals surface area contributed by atoms with Crippen LogP contribution < -0.4 is 5.32 Å². The number of carbonyl (C=O) groups excluding carboxylic acids is 1. The van der Waals surface area contributed by atoms with Crippen molar-refractivity contribution >= 4 is 17.9 Å². The molecule has 2 rings (SSSR count). The maximum Gasteiger partial charge on any atom is 0.394 e. The standard InChI is InChI=1S/C13H18F3N5O3/c1-12(2,3)21-6-17-10(19-21)18-11(24)20-4-7(9(22)23)8(5-20)13(14,15)16/h6-8H,4-5H2,1-3H3,(H,22,23)(H,18,19,24)/t7-,8-/m1/s1. The zero-order chi connectivity index (χ0) is 18.3. The molecule has 2 atom stereocenters. The Bertz CT molecular complexity index is 638. The summed E-state index contributed by atoms with van der Waals surface area (Å²) in [5.41, 5.74) is -0.376. The quantitative estimate of drug-likeness (QED) is 0.847. The van der Waals surface area contributed by atoms with E-state index in [1.165, 1.54) is 11.0 Å². The van der Waals surface area contributed by atoms with Gasteiger partial charge in [-0.15, -0.1) is 5.10 Å². The van der Waals surface area contributed by atoms with Crippen LogP contribution in [0.5, 0.6) is 0 Å². The second kappa shape index (κ2) is 5.95. The molecule has 2 heterocycles. The molecule has 134 valence electrons. The number of likely N-dealkylation sites (tertiary alicyclic amines) is 1. The fraction of sp³-hybridized carbons (Fsp3) is 0.692. The number of nitrogens with one attached hydrogen (secondary N) is 1. The molecule has 24 heavy (non-hydrogen) atoms. The largest absolute Gasteiger partial charge is 0.481 e. The Morgan fingerprint density at radius 2 is 1.92 bits per heavy atom. The Labute approximate surface area is 135 Å². The molecular formula is C13H18F3N5O3.